The maximum atomic E-state index is 12.7. The van der Waals surface area contributed by atoms with Crippen molar-refractivity contribution in [2.75, 3.05) is 6.61 Å². The Morgan fingerprint density at radius 2 is 1.82 bits per heavy atom. The highest BCUT2D eigenvalue weighted by molar-refractivity contribution is 6.15. The van der Waals surface area contributed by atoms with E-state index in [1.165, 1.54) is 0 Å². The quantitative estimate of drug-likeness (QED) is 0.659. The van der Waals surface area contributed by atoms with Crippen molar-refractivity contribution >= 4 is 16.7 Å². The molecule has 110 valence electrons. The molecule has 1 heterocycles. The minimum absolute atomic E-state index is 0.000594. The van der Waals surface area contributed by atoms with Crippen LogP contribution in [0.5, 0.6) is 5.75 Å². The minimum atomic E-state index is 0.000594. The number of hydrogen-bond acceptors (Lipinski definition) is 3. The van der Waals surface area contributed by atoms with Crippen molar-refractivity contribution in [2.24, 2.45) is 0 Å². The van der Waals surface area contributed by atoms with E-state index < -0.39 is 0 Å². The first-order valence-electron chi connectivity index (χ1n) is 7.41. The number of para-hydroxylation sites is 1. The number of ketones is 1. The van der Waals surface area contributed by atoms with E-state index in [9.17, 15) is 4.79 Å². The van der Waals surface area contributed by atoms with Gasteiger partial charge in [-0.1, -0.05) is 25.1 Å². The predicted octanol–water partition coefficient (Wildman–Crippen LogP) is 4.25. The molecular formula is C19H17NO2. The van der Waals surface area contributed by atoms with Gasteiger partial charge in [-0.15, -0.1) is 0 Å². The summed E-state index contributed by atoms with van der Waals surface area (Å²) in [7, 11) is 0. The Labute approximate surface area is 129 Å². The molecule has 0 fully saturated rings. The molecule has 0 atom stereocenters. The van der Waals surface area contributed by atoms with Gasteiger partial charge in [0.2, 0.25) is 0 Å². The van der Waals surface area contributed by atoms with Crippen LogP contribution in [0.15, 0.2) is 60.8 Å². The molecule has 3 rings (SSSR count). The molecule has 1 aromatic heterocycles. The van der Waals surface area contributed by atoms with Crippen LogP contribution in [0.25, 0.3) is 10.9 Å². The molecule has 0 amide bonds. The monoisotopic (exact) mass is 291 g/mol. The van der Waals surface area contributed by atoms with E-state index in [1.807, 2.05) is 48.5 Å². The highest BCUT2D eigenvalue weighted by atomic mass is 16.5. The number of hydrogen-bond donors (Lipinski definition) is 0. The fourth-order valence-corrected chi connectivity index (χ4v) is 2.37. The molecule has 3 aromatic rings. The SMILES string of the molecule is CCCOc1ccc(C(=O)c2ccnc3ccccc23)cc1. The van der Waals surface area contributed by atoms with Crippen molar-refractivity contribution < 1.29 is 9.53 Å². The molecule has 0 radical (unpaired) electrons. The van der Waals surface area contributed by atoms with E-state index in [4.69, 9.17) is 4.74 Å². The second-order valence-electron chi connectivity index (χ2n) is 5.08. The van der Waals surface area contributed by atoms with Gasteiger partial charge in [-0.3, -0.25) is 9.78 Å². The van der Waals surface area contributed by atoms with E-state index in [1.54, 1.807) is 12.3 Å². The zero-order valence-corrected chi connectivity index (χ0v) is 12.5. The Morgan fingerprint density at radius 1 is 1.05 bits per heavy atom. The number of fused-ring (bicyclic) bond motifs is 1. The van der Waals surface area contributed by atoms with Gasteiger partial charge in [-0.05, 0) is 42.8 Å². The van der Waals surface area contributed by atoms with Crippen LogP contribution >= 0.6 is 0 Å². The topological polar surface area (TPSA) is 39.2 Å². The van der Waals surface area contributed by atoms with Crippen LogP contribution in [0.1, 0.15) is 29.3 Å². The van der Waals surface area contributed by atoms with Crippen molar-refractivity contribution in [2.45, 2.75) is 13.3 Å². The Morgan fingerprint density at radius 3 is 2.59 bits per heavy atom. The number of pyridine rings is 1. The lowest BCUT2D eigenvalue weighted by atomic mass is 10.00. The van der Waals surface area contributed by atoms with Gasteiger partial charge in [0.15, 0.2) is 5.78 Å². The van der Waals surface area contributed by atoms with Crippen LogP contribution in [0, 0.1) is 0 Å². The summed E-state index contributed by atoms with van der Waals surface area (Å²) in [6.07, 6.45) is 2.64. The van der Waals surface area contributed by atoms with Gasteiger partial charge in [-0.25, -0.2) is 0 Å². The lowest BCUT2D eigenvalue weighted by Gasteiger charge is -2.07. The van der Waals surface area contributed by atoms with Crippen molar-refractivity contribution in [3.8, 4) is 5.75 Å². The molecule has 2 aromatic carbocycles. The van der Waals surface area contributed by atoms with Crippen molar-refractivity contribution in [3.05, 3.63) is 71.9 Å². The van der Waals surface area contributed by atoms with Gasteiger partial charge >= 0.3 is 0 Å². The number of nitrogens with zero attached hydrogens (tertiary/aromatic N) is 1. The van der Waals surface area contributed by atoms with Gasteiger partial charge in [0.05, 0.1) is 12.1 Å². The van der Waals surface area contributed by atoms with Crippen LogP contribution < -0.4 is 4.74 Å². The van der Waals surface area contributed by atoms with Gasteiger partial charge in [0.25, 0.3) is 0 Å². The van der Waals surface area contributed by atoms with Gasteiger partial charge in [-0.2, -0.15) is 0 Å². The van der Waals surface area contributed by atoms with Crippen molar-refractivity contribution in [1.29, 1.82) is 0 Å². The Hall–Kier alpha value is -2.68. The molecular weight excluding hydrogens is 274 g/mol. The number of carbonyl (C=O) groups is 1. The molecule has 3 heteroatoms. The summed E-state index contributed by atoms with van der Waals surface area (Å²) in [5.74, 6) is 0.790. The lowest BCUT2D eigenvalue weighted by Crippen LogP contribution is -2.03. The second kappa shape index (κ2) is 6.39. The number of carbonyl (C=O) groups excluding carboxylic acids is 1. The number of rotatable bonds is 5. The summed E-state index contributed by atoms with van der Waals surface area (Å²) in [6, 6.07) is 16.7. The van der Waals surface area contributed by atoms with E-state index in [0.717, 1.165) is 23.1 Å². The van der Waals surface area contributed by atoms with Crippen molar-refractivity contribution in [1.82, 2.24) is 4.98 Å². The fourth-order valence-electron chi connectivity index (χ4n) is 2.37. The minimum Gasteiger partial charge on any atom is -0.494 e. The van der Waals surface area contributed by atoms with Gasteiger partial charge in [0, 0.05) is 22.7 Å². The standard InChI is InChI=1S/C19H17NO2/c1-2-13-22-15-9-7-14(8-10-15)19(21)17-11-12-20-18-6-4-3-5-16(17)18/h3-12H,2,13H2,1H3. The molecule has 3 nitrogen and oxygen atoms in total. The Bertz CT molecular complexity index is 789. The van der Waals surface area contributed by atoms with Crippen LogP contribution in [0.4, 0.5) is 0 Å². The summed E-state index contributed by atoms with van der Waals surface area (Å²) in [4.78, 5) is 17.0. The molecule has 0 aliphatic rings. The highest BCUT2D eigenvalue weighted by Crippen LogP contribution is 2.21. The average molecular weight is 291 g/mol. The highest BCUT2D eigenvalue weighted by Gasteiger charge is 2.12. The van der Waals surface area contributed by atoms with Crippen LogP contribution in [-0.2, 0) is 0 Å². The molecule has 0 N–H and O–H groups in total. The first-order chi connectivity index (χ1) is 10.8. The number of benzene rings is 2. The fraction of sp³-hybridized carbons (Fsp3) is 0.158. The number of ether oxygens (including phenoxy) is 1. The molecule has 0 aliphatic carbocycles. The zero-order valence-electron chi connectivity index (χ0n) is 12.5. The molecule has 0 unspecified atom stereocenters. The van der Waals surface area contributed by atoms with Crippen LogP contribution in [0.3, 0.4) is 0 Å². The third-order valence-corrected chi connectivity index (χ3v) is 3.48. The second-order valence-corrected chi connectivity index (χ2v) is 5.08. The van der Waals surface area contributed by atoms with E-state index in [-0.39, 0.29) is 5.78 Å². The van der Waals surface area contributed by atoms with Crippen molar-refractivity contribution in [3.63, 3.8) is 0 Å². The molecule has 0 saturated heterocycles. The maximum Gasteiger partial charge on any atom is 0.193 e. The molecule has 22 heavy (non-hydrogen) atoms. The number of aromatic nitrogens is 1. The summed E-state index contributed by atoms with van der Waals surface area (Å²) >= 11 is 0. The summed E-state index contributed by atoms with van der Waals surface area (Å²) in [5.41, 5.74) is 2.16. The Balaban J connectivity index is 1.92. The lowest BCUT2D eigenvalue weighted by molar-refractivity contribution is 0.104. The van der Waals surface area contributed by atoms with Crippen LogP contribution in [0.2, 0.25) is 0 Å². The molecule has 0 saturated carbocycles. The molecule has 0 bridgehead atoms. The predicted molar refractivity (Wildman–Crippen MR) is 87.4 cm³/mol. The van der Waals surface area contributed by atoms with Crippen LogP contribution in [-0.4, -0.2) is 17.4 Å². The zero-order chi connectivity index (χ0) is 15.4. The normalized spacial score (nSPS) is 10.6. The third kappa shape index (κ3) is 2.84. The van der Waals surface area contributed by atoms with Gasteiger partial charge < -0.3 is 4.74 Å². The first kappa shape index (κ1) is 14.3. The van der Waals surface area contributed by atoms with E-state index >= 15 is 0 Å². The molecule has 0 aliphatic heterocycles. The molecule has 0 spiro atoms. The Kier molecular flexibility index (Phi) is 4.15. The third-order valence-electron chi connectivity index (χ3n) is 3.48. The smallest absolute Gasteiger partial charge is 0.193 e. The summed E-state index contributed by atoms with van der Waals surface area (Å²) in [5, 5.41) is 0.876. The first-order valence-corrected chi connectivity index (χ1v) is 7.41. The van der Waals surface area contributed by atoms with E-state index in [2.05, 4.69) is 11.9 Å². The van der Waals surface area contributed by atoms with Gasteiger partial charge in [0.1, 0.15) is 5.75 Å². The average Bonchev–Trinajstić information content (AvgIpc) is 2.59. The largest absolute Gasteiger partial charge is 0.494 e. The summed E-state index contributed by atoms with van der Waals surface area (Å²) < 4.78 is 5.54. The van der Waals surface area contributed by atoms with E-state index in [0.29, 0.717) is 17.7 Å². The maximum absolute atomic E-state index is 12.7. The summed E-state index contributed by atoms with van der Waals surface area (Å²) in [6.45, 7) is 2.74.